The number of esters is 1. The lowest BCUT2D eigenvalue weighted by Gasteiger charge is -2.32. The second kappa shape index (κ2) is 7.49. The van der Waals surface area contributed by atoms with Crippen molar-refractivity contribution >= 4 is 12.1 Å². The van der Waals surface area contributed by atoms with Crippen LogP contribution in [0, 0.1) is 5.92 Å². The lowest BCUT2D eigenvalue weighted by molar-refractivity contribution is -0.155. The van der Waals surface area contributed by atoms with E-state index in [9.17, 15) is 19.8 Å². The molecular formula is C16H29NO6. The van der Waals surface area contributed by atoms with Gasteiger partial charge in [0.05, 0.1) is 12.6 Å². The van der Waals surface area contributed by atoms with E-state index in [1.807, 2.05) is 0 Å². The van der Waals surface area contributed by atoms with Crippen LogP contribution in [0.4, 0.5) is 4.79 Å². The first-order chi connectivity index (χ1) is 10.5. The van der Waals surface area contributed by atoms with Crippen LogP contribution in [0.25, 0.3) is 0 Å². The largest absolute Gasteiger partial charge is 0.465 e. The van der Waals surface area contributed by atoms with Crippen molar-refractivity contribution < 1.29 is 29.3 Å². The minimum absolute atomic E-state index is 0.104. The number of amides is 1. The third-order valence-corrected chi connectivity index (χ3v) is 3.82. The zero-order chi connectivity index (χ0) is 17.8. The Morgan fingerprint density at radius 1 is 1.39 bits per heavy atom. The first kappa shape index (κ1) is 19.7. The Labute approximate surface area is 137 Å². The van der Waals surface area contributed by atoms with Gasteiger partial charge in [-0.1, -0.05) is 0 Å². The average Bonchev–Trinajstić information content (AvgIpc) is 2.67. The SMILES string of the molecule is CC(C)(C)OC(=O)CC[C@@H](CO)CC1COC(C)(C)N1C(=O)O. The molecule has 23 heavy (non-hydrogen) atoms. The van der Waals surface area contributed by atoms with Crippen molar-refractivity contribution in [3.63, 3.8) is 0 Å². The van der Waals surface area contributed by atoms with Gasteiger partial charge in [-0.15, -0.1) is 0 Å². The van der Waals surface area contributed by atoms with Crippen molar-refractivity contribution in [1.82, 2.24) is 4.90 Å². The van der Waals surface area contributed by atoms with Gasteiger partial charge >= 0.3 is 12.1 Å². The predicted octanol–water partition coefficient (Wildman–Crippen LogP) is 2.22. The molecule has 0 aromatic rings. The molecule has 1 saturated heterocycles. The summed E-state index contributed by atoms with van der Waals surface area (Å²) in [5.74, 6) is -0.485. The van der Waals surface area contributed by atoms with Gasteiger partial charge in [0.25, 0.3) is 0 Å². The van der Waals surface area contributed by atoms with Gasteiger partial charge in [-0.3, -0.25) is 9.69 Å². The summed E-state index contributed by atoms with van der Waals surface area (Å²) in [6.07, 6.45) is 0.0681. The molecule has 1 amide bonds. The number of hydrogen-bond acceptors (Lipinski definition) is 5. The van der Waals surface area contributed by atoms with Gasteiger partial charge in [0, 0.05) is 13.0 Å². The smallest absolute Gasteiger partial charge is 0.409 e. The lowest BCUT2D eigenvalue weighted by Crippen LogP contribution is -2.47. The normalized spacial score (nSPS) is 22.0. The van der Waals surface area contributed by atoms with E-state index >= 15 is 0 Å². The van der Waals surface area contributed by atoms with Gasteiger partial charge in [0.1, 0.15) is 11.3 Å². The van der Waals surface area contributed by atoms with Crippen molar-refractivity contribution in [2.24, 2.45) is 5.92 Å². The van der Waals surface area contributed by atoms with Crippen LogP contribution in [0.5, 0.6) is 0 Å². The quantitative estimate of drug-likeness (QED) is 0.725. The maximum Gasteiger partial charge on any atom is 0.409 e. The molecule has 0 radical (unpaired) electrons. The average molecular weight is 331 g/mol. The van der Waals surface area contributed by atoms with Gasteiger partial charge in [0.15, 0.2) is 0 Å². The van der Waals surface area contributed by atoms with Crippen LogP contribution in [0.2, 0.25) is 0 Å². The van der Waals surface area contributed by atoms with Crippen LogP contribution < -0.4 is 0 Å². The van der Waals surface area contributed by atoms with Gasteiger partial charge in [-0.05, 0) is 53.4 Å². The molecule has 0 aliphatic carbocycles. The van der Waals surface area contributed by atoms with E-state index in [-0.39, 0.29) is 31.0 Å². The maximum atomic E-state index is 11.8. The number of aliphatic hydroxyl groups excluding tert-OH is 1. The van der Waals surface area contributed by atoms with Crippen LogP contribution in [-0.2, 0) is 14.3 Å². The van der Waals surface area contributed by atoms with E-state index in [1.54, 1.807) is 34.6 Å². The molecular weight excluding hydrogens is 302 g/mol. The number of carbonyl (C=O) groups excluding carboxylic acids is 1. The Morgan fingerprint density at radius 2 is 2.00 bits per heavy atom. The molecule has 1 aliphatic rings. The van der Waals surface area contributed by atoms with Gasteiger partial charge < -0.3 is 19.7 Å². The molecule has 134 valence electrons. The predicted molar refractivity (Wildman–Crippen MR) is 84.0 cm³/mol. The topological polar surface area (TPSA) is 96.3 Å². The molecule has 7 heteroatoms. The zero-order valence-corrected chi connectivity index (χ0v) is 14.7. The molecule has 1 rings (SSSR count). The Balaban J connectivity index is 2.56. The maximum absolute atomic E-state index is 11.8. The van der Waals surface area contributed by atoms with E-state index in [2.05, 4.69) is 0 Å². The number of carbonyl (C=O) groups is 2. The fraction of sp³-hybridized carbons (Fsp3) is 0.875. The Hall–Kier alpha value is -1.34. The highest BCUT2D eigenvalue weighted by atomic mass is 16.6. The molecule has 0 aromatic carbocycles. The van der Waals surface area contributed by atoms with Gasteiger partial charge in [0.2, 0.25) is 0 Å². The first-order valence-electron chi connectivity index (χ1n) is 7.95. The highest BCUT2D eigenvalue weighted by molar-refractivity contribution is 5.69. The second-order valence-electron chi connectivity index (χ2n) is 7.47. The van der Waals surface area contributed by atoms with Crippen LogP contribution in [0.1, 0.15) is 53.9 Å². The van der Waals surface area contributed by atoms with Crippen molar-refractivity contribution in [2.45, 2.75) is 71.2 Å². The molecule has 2 atom stereocenters. The molecule has 0 bridgehead atoms. The molecule has 1 fully saturated rings. The van der Waals surface area contributed by atoms with Crippen molar-refractivity contribution in [3.8, 4) is 0 Å². The van der Waals surface area contributed by atoms with E-state index in [1.165, 1.54) is 4.90 Å². The molecule has 7 nitrogen and oxygen atoms in total. The summed E-state index contributed by atoms with van der Waals surface area (Å²) in [5.41, 5.74) is -1.41. The van der Waals surface area contributed by atoms with Crippen LogP contribution >= 0.6 is 0 Å². The third-order valence-electron chi connectivity index (χ3n) is 3.82. The van der Waals surface area contributed by atoms with Gasteiger partial charge in [-0.2, -0.15) is 0 Å². The summed E-state index contributed by atoms with van der Waals surface area (Å²) < 4.78 is 10.8. The molecule has 0 aromatic heterocycles. The molecule has 1 heterocycles. The van der Waals surface area contributed by atoms with Crippen LogP contribution in [0.3, 0.4) is 0 Å². The number of nitrogens with zero attached hydrogens (tertiary/aromatic N) is 1. The lowest BCUT2D eigenvalue weighted by atomic mass is 9.95. The highest BCUT2D eigenvalue weighted by Crippen LogP contribution is 2.31. The van der Waals surface area contributed by atoms with Crippen LogP contribution in [-0.4, -0.2) is 57.8 Å². The summed E-state index contributed by atoms with van der Waals surface area (Å²) in [6.45, 7) is 9.01. The minimum atomic E-state index is -1.04. The molecule has 1 aliphatic heterocycles. The van der Waals surface area contributed by atoms with Crippen molar-refractivity contribution in [3.05, 3.63) is 0 Å². The molecule has 1 unspecified atom stereocenters. The second-order valence-corrected chi connectivity index (χ2v) is 7.47. The summed E-state index contributed by atoms with van der Waals surface area (Å²) in [5, 5.41) is 18.9. The van der Waals surface area contributed by atoms with Crippen molar-refractivity contribution in [2.75, 3.05) is 13.2 Å². The number of ether oxygens (including phenoxy) is 2. The Morgan fingerprint density at radius 3 is 2.48 bits per heavy atom. The standard InChI is InChI=1S/C16H29NO6/c1-15(2,3)23-13(19)7-6-11(9-18)8-12-10-22-16(4,5)17(12)14(20)21/h11-12,18H,6-10H2,1-5H3,(H,20,21)/t11-,12?/m1/s1. The summed E-state index contributed by atoms with van der Waals surface area (Å²) in [4.78, 5) is 24.5. The molecule has 0 saturated carbocycles. The molecule has 0 spiro atoms. The molecule has 2 N–H and O–H groups in total. The van der Waals surface area contributed by atoms with E-state index in [0.717, 1.165) is 0 Å². The zero-order valence-electron chi connectivity index (χ0n) is 14.7. The third kappa shape index (κ3) is 5.99. The highest BCUT2D eigenvalue weighted by Gasteiger charge is 2.44. The monoisotopic (exact) mass is 331 g/mol. The fourth-order valence-electron chi connectivity index (χ4n) is 2.83. The van der Waals surface area contributed by atoms with E-state index in [4.69, 9.17) is 9.47 Å². The fourth-order valence-corrected chi connectivity index (χ4v) is 2.83. The van der Waals surface area contributed by atoms with Crippen molar-refractivity contribution in [1.29, 1.82) is 0 Å². The van der Waals surface area contributed by atoms with Gasteiger partial charge in [-0.25, -0.2) is 4.79 Å². The first-order valence-corrected chi connectivity index (χ1v) is 7.95. The van der Waals surface area contributed by atoms with Crippen LogP contribution in [0.15, 0.2) is 0 Å². The van der Waals surface area contributed by atoms with E-state index < -0.39 is 17.4 Å². The summed E-state index contributed by atoms with van der Waals surface area (Å²) >= 11 is 0. The number of hydrogen-bond donors (Lipinski definition) is 2. The Kier molecular flexibility index (Phi) is 6.41. The number of rotatable bonds is 6. The minimum Gasteiger partial charge on any atom is -0.465 e. The number of aliphatic hydroxyl groups is 1. The summed E-state index contributed by atoms with van der Waals surface area (Å²) in [7, 11) is 0. The Bertz CT molecular complexity index is 429. The summed E-state index contributed by atoms with van der Waals surface area (Å²) in [6, 6.07) is -0.321. The number of carboxylic acid groups (broad SMARTS) is 1. The van der Waals surface area contributed by atoms with E-state index in [0.29, 0.717) is 19.4 Å².